The molecule has 0 spiro atoms. The Morgan fingerprint density at radius 1 is 1.45 bits per heavy atom. The highest BCUT2D eigenvalue weighted by atomic mass is 32.2. The molecule has 0 unspecified atom stereocenters. The highest BCUT2D eigenvalue weighted by molar-refractivity contribution is 7.92. The van der Waals surface area contributed by atoms with Gasteiger partial charge in [-0.2, -0.15) is 0 Å². The number of carboxylic acid groups (broad SMARTS) is 1. The summed E-state index contributed by atoms with van der Waals surface area (Å²) >= 11 is 0. The van der Waals surface area contributed by atoms with E-state index in [2.05, 4.69) is 9.71 Å². The Bertz CT molecular complexity index is 714. The third kappa shape index (κ3) is 4.23. The fourth-order valence-electron chi connectivity index (χ4n) is 1.60. The Morgan fingerprint density at radius 3 is 2.45 bits per heavy atom. The van der Waals surface area contributed by atoms with Crippen molar-refractivity contribution in [1.82, 2.24) is 9.99 Å². The third-order valence-corrected chi connectivity index (χ3v) is 3.03. The number of aromatic nitrogens is 1. The van der Waals surface area contributed by atoms with Gasteiger partial charge in [0.25, 0.3) is 0 Å². The summed E-state index contributed by atoms with van der Waals surface area (Å²) < 4.78 is 29.7. The van der Waals surface area contributed by atoms with Gasteiger partial charge in [-0.3, -0.25) is 4.72 Å². The van der Waals surface area contributed by atoms with Crippen LogP contribution in [0, 0.1) is 0 Å². The minimum Gasteiger partial charge on any atom is -0.479 e. The van der Waals surface area contributed by atoms with Crippen molar-refractivity contribution in [2.24, 2.45) is 11.6 Å². The summed E-state index contributed by atoms with van der Waals surface area (Å²) in [6, 6.07) is 2.70. The van der Waals surface area contributed by atoms with Gasteiger partial charge in [0.15, 0.2) is 5.70 Å². The van der Waals surface area contributed by atoms with Crippen molar-refractivity contribution >= 4 is 27.4 Å². The summed E-state index contributed by atoms with van der Waals surface area (Å²) in [4.78, 5) is 15.1. The molecule has 0 bridgehead atoms. The van der Waals surface area contributed by atoms with E-state index in [1.165, 1.54) is 26.3 Å². The van der Waals surface area contributed by atoms with E-state index < -0.39 is 16.0 Å². The van der Waals surface area contributed by atoms with Gasteiger partial charge in [0.2, 0.25) is 15.9 Å². The van der Waals surface area contributed by atoms with Crippen molar-refractivity contribution in [2.75, 3.05) is 25.1 Å². The van der Waals surface area contributed by atoms with E-state index in [1.54, 1.807) is 0 Å². The summed E-state index contributed by atoms with van der Waals surface area (Å²) in [7, 11) is -0.925. The lowest BCUT2D eigenvalue weighted by Crippen LogP contribution is -2.32. The number of pyridine rings is 1. The van der Waals surface area contributed by atoms with E-state index >= 15 is 0 Å². The number of aliphatic carboxylic acids is 1. The first kappa shape index (κ1) is 17.5. The summed E-state index contributed by atoms with van der Waals surface area (Å²) in [5, 5.41) is 9.94. The molecule has 0 amide bonds. The number of carbonyl (C=O) groups is 1. The number of rotatable bonds is 6. The van der Waals surface area contributed by atoms with Crippen molar-refractivity contribution in [3.63, 3.8) is 0 Å². The molecule has 0 atom stereocenters. The van der Waals surface area contributed by atoms with Gasteiger partial charge in [-0.25, -0.2) is 24.0 Å². The molecule has 22 heavy (non-hydrogen) atoms. The minimum atomic E-state index is -3.52. The van der Waals surface area contributed by atoms with Crippen LogP contribution in [-0.2, 0) is 14.8 Å². The van der Waals surface area contributed by atoms with E-state index in [1.807, 2.05) is 0 Å². The summed E-state index contributed by atoms with van der Waals surface area (Å²) in [5.74, 6) is 4.03. The smallest absolute Gasteiger partial charge is 0.355 e. The molecule has 0 fully saturated rings. The van der Waals surface area contributed by atoms with Gasteiger partial charge in [-0.1, -0.05) is 0 Å². The van der Waals surface area contributed by atoms with Crippen molar-refractivity contribution in [3.05, 3.63) is 23.5 Å². The largest absolute Gasteiger partial charge is 0.479 e. The van der Waals surface area contributed by atoms with E-state index in [9.17, 15) is 13.2 Å². The number of ether oxygens (including phenoxy) is 1. The molecule has 0 saturated heterocycles. The van der Waals surface area contributed by atoms with Crippen LogP contribution in [0.2, 0.25) is 0 Å². The molecule has 0 aliphatic rings. The molecule has 1 aromatic heterocycles. The molecule has 0 aromatic carbocycles. The van der Waals surface area contributed by atoms with Crippen LogP contribution >= 0.6 is 0 Å². The zero-order valence-corrected chi connectivity index (χ0v) is 13.0. The number of methoxy groups -OCH3 is 1. The molecule has 122 valence electrons. The Morgan fingerprint density at radius 2 is 2.05 bits per heavy atom. The normalized spacial score (nSPS) is 12.4. The van der Waals surface area contributed by atoms with E-state index in [0.717, 1.165) is 11.3 Å². The first-order valence-corrected chi connectivity index (χ1v) is 7.70. The van der Waals surface area contributed by atoms with Crippen molar-refractivity contribution in [2.45, 2.75) is 0 Å². The number of sulfonamides is 1. The molecule has 1 aromatic rings. The van der Waals surface area contributed by atoms with Crippen LogP contribution in [0.3, 0.4) is 0 Å². The Labute approximate surface area is 127 Å². The van der Waals surface area contributed by atoms with Gasteiger partial charge in [0.1, 0.15) is 5.69 Å². The lowest BCUT2D eigenvalue weighted by molar-refractivity contribution is -0.134. The quantitative estimate of drug-likeness (QED) is 0.290. The molecule has 0 radical (unpaired) electrons. The molecular weight excluding hydrogens is 314 g/mol. The van der Waals surface area contributed by atoms with Crippen LogP contribution in [0.4, 0.5) is 5.69 Å². The highest BCUT2D eigenvalue weighted by Gasteiger charge is 2.19. The number of nitrogens with one attached hydrogen (secondary N) is 1. The number of anilines is 1. The lowest BCUT2D eigenvalue weighted by Gasteiger charge is -2.16. The monoisotopic (exact) mass is 331 g/mol. The minimum absolute atomic E-state index is 0.0599. The fraction of sp³-hybridized carbons (Fsp3) is 0.273. The van der Waals surface area contributed by atoms with Crippen LogP contribution in [0.25, 0.3) is 5.70 Å². The molecule has 0 aliphatic heterocycles. The zero-order chi connectivity index (χ0) is 17.1. The second kappa shape index (κ2) is 6.49. The number of hydrogen-bond donors (Lipinski definition) is 4. The van der Waals surface area contributed by atoms with Crippen molar-refractivity contribution < 1.29 is 23.1 Å². The van der Waals surface area contributed by atoms with Crippen LogP contribution < -0.4 is 21.0 Å². The molecule has 1 rings (SSSR count). The number of nitrogens with two attached hydrogens (primary N) is 2. The molecule has 10 nitrogen and oxygen atoms in total. The number of carboxylic acids is 1. The van der Waals surface area contributed by atoms with Gasteiger partial charge in [-0.05, 0) is 12.1 Å². The lowest BCUT2D eigenvalue weighted by atomic mass is 10.2. The van der Waals surface area contributed by atoms with Gasteiger partial charge < -0.3 is 20.6 Å². The van der Waals surface area contributed by atoms with Gasteiger partial charge in [0, 0.05) is 7.05 Å². The number of hydrazine groups is 1. The Kier molecular flexibility index (Phi) is 5.17. The maximum absolute atomic E-state index is 11.2. The topological polar surface area (TPSA) is 161 Å². The van der Waals surface area contributed by atoms with Crippen molar-refractivity contribution in [3.8, 4) is 5.88 Å². The molecule has 0 aliphatic carbocycles. The summed E-state index contributed by atoms with van der Waals surface area (Å²) in [6.07, 6.45) is 0.973. The Balaban J connectivity index is 3.40. The van der Waals surface area contributed by atoms with Gasteiger partial charge in [0.05, 0.1) is 24.8 Å². The first-order chi connectivity index (χ1) is 10.1. The highest BCUT2D eigenvalue weighted by Crippen LogP contribution is 2.25. The van der Waals surface area contributed by atoms with Gasteiger partial charge >= 0.3 is 5.97 Å². The van der Waals surface area contributed by atoms with E-state index in [4.69, 9.17) is 21.4 Å². The second-order valence-corrected chi connectivity index (χ2v) is 6.05. The zero-order valence-electron chi connectivity index (χ0n) is 12.2. The van der Waals surface area contributed by atoms with E-state index in [-0.39, 0.29) is 28.7 Å². The average Bonchev–Trinajstić information content (AvgIpc) is 2.36. The van der Waals surface area contributed by atoms with E-state index in [0.29, 0.717) is 0 Å². The summed E-state index contributed by atoms with van der Waals surface area (Å²) in [5.41, 5.74) is 5.38. The molecule has 1 heterocycles. The fourth-order valence-corrected chi connectivity index (χ4v) is 2.16. The standard InChI is InChI=1S/C11H17N5O5S/c1-16(13)9(11(17)18)8(12)6-4-5-7(10(14-6)21-2)15-22(3,19)20/h4-5,15H,12-13H2,1-3H3,(H,17,18)/b9-8-. The van der Waals surface area contributed by atoms with Crippen LogP contribution in [0.1, 0.15) is 5.69 Å². The maximum atomic E-state index is 11.2. The van der Waals surface area contributed by atoms with Gasteiger partial charge in [-0.15, -0.1) is 0 Å². The van der Waals surface area contributed by atoms with Crippen LogP contribution in [0.5, 0.6) is 5.88 Å². The molecule has 0 saturated carbocycles. The van der Waals surface area contributed by atoms with Crippen LogP contribution in [-0.4, -0.2) is 49.9 Å². The maximum Gasteiger partial charge on any atom is 0.355 e. The predicted molar refractivity (Wildman–Crippen MR) is 79.9 cm³/mol. The third-order valence-electron chi connectivity index (χ3n) is 2.44. The number of nitrogens with zero attached hydrogens (tertiary/aromatic N) is 2. The predicted octanol–water partition coefficient (Wildman–Crippen LogP) is -1.02. The number of likely N-dealkylation sites (N-methyl/N-ethyl adjacent to an activating group) is 1. The molecular formula is C11H17N5O5S. The van der Waals surface area contributed by atoms with Crippen LogP contribution in [0.15, 0.2) is 17.8 Å². The molecule has 6 N–H and O–H groups in total. The first-order valence-electron chi connectivity index (χ1n) is 5.81. The number of hydrogen-bond acceptors (Lipinski definition) is 8. The van der Waals surface area contributed by atoms with Crippen molar-refractivity contribution in [1.29, 1.82) is 0 Å². The second-order valence-electron chi connectivity index (χ2n) is 4.31. The molecule has 11 heteroatoms. The average molecular weight is 331 g/mol. The summed E-state index contributed by atoms with van der Waals surface area (Å²) in [6.45, 7) is 0. The Hall–Kier alpha value is -2.53. The SMILES string of the molecule is COc1nc(/C(N)=C(\C(=O)O)N(C)N)ccc1NS(C)(=O)=O.